The van der Waals surface area contributed by atoms with Gasteiger partial charge in [-0.15, -0.1) is 0 Å². The Labute approximate surface area is 123 Å². The van der Waals surface area contributed by atoms with E-state index in [1.807, 2.05) is 32.0 Å². The van der Waals surface area contributed by atoms with E-state index in [9.17, 15) is 4.79 Å². The Bertz CT molecular complexity index is 653. The molecule has 104 valence electrons. The van der Waals surface area contributed by atoms with Crippen LogP contribution in [0.4, 0.5) is 5.69 Å². The third-order valence-electron chi connectivity index (χ3n) is 2.97. The van der Waals surface area contributed by atoms with Crippen LogP contribution in [0, 0.1) is 13.8 Å². The van der Waals surface area contributed by atoms with Gasteiger partial charge in [-0.25, -0.2) is 0 Å². The van der Waals surface area contributed by atoms with Gasteiger partial charge in [0.15, 0.2) is 0 Å². The summed E-state index contributed by atoms with van der Waals surface area (Å²) in [6, 6.07) is 11.0. The van der Waals surface area contributed by atoms with Crippen molar-refractivity contribution in [1.82, 2.24) is 0 Å². The summed E-state index contributed by atoms with van der Waals surface area (Å²) < 4.78 is 5.21. The number of benzene rings is 2. The van der Waals surface area contributed by atoms with Crippen molar-refractivity contribution in [1.29, 1.82) is 0 Å². The fraction of sp³-hybridized carbons (Fsp3) is 0.188. The van der Waals surface area contributed by atoms with Crippen LogP contribution in [-0.2, 0) is 0 Å². The minimum absolute atomic E-state index is 0.240. The SMILES string of the molecule is COc1ccc(C)cc1C(=O)Nc1ccc(C)cc1Cl. The second-order valence-electron chi connectivity index (χ2n) is 4.64. The van der Waals surface area contributed by atoms with Gasteiger partial charge in [0.1, 0.15) is 5.75 Å². The molecule has 0 fully saturated rings. The largest absolute Gasteiger partial charge is 0.496 e. The third-order valence-corrected chi connectivity index (χ3v) is 3.29. The van der Waals surface area contributed by atoms with Crippen LogP contribution in [0.25, 0.3) is 0 Å². The molecule has 0 spiro atoms. The zero-order valence-electron chi connectivity index (χ0n) is 11.7. The fourth-order valence-corrected chi connectivity index (χ4v) is 2.19. The molecule has 2 aromatic carbocycles. The molecule has 0 saturated heterocycles. The molecule has 2 aromatic rings. The van der Waals surface area contributed by atoms with E-state index < -0.39 is 0 Å². The van der Waals surface area contributed by atoms with Gasteiger partial charge in [-0.05, 0) is 43.7 Å². The smallest absolute Gasteiger partial charge is 0.259 e. The van der Waals surface area contributed by atoms with Gasteiger partial charge in [-0.1, -0.05) is 29.3 Å². The number of nitrogens with one attached hydrogen (secondary N) is 1. The molecule has 3 nitrogen and oxygen atoms in total. The summed E-state index contributed by atoms with van der Waals surface area (Å²) in [7, 11) is 1.54. The third kappa shape index (κ3) is 3.11. The standard InChI is InChI=1S/C16H16ClNO2/c1-10-5-7-15(20-3)12(8-10)16(19)18-14-6-4-11(2)9-13(14)17/h4-9H,1-3H3,(H,18,19). The van der Waals surface area contributed by atoms with Gasteiger partial charge in [-0.3, -0.25) is 4.79 Å². The molecular weight excluding hydrogens is 274 g/mol. The first-order valence-corrected chi connectivity index (χ1v) is 6.61. The van der Waals surface area contributed by atoms with Gasteiger partial charge in [-0.2, -0.15) is 0 Å². The Kier molecular flexibility index (Phi) is 4.30. The van der Waals surface area contributed by atoms with Gasteiger partial charge in [0, 0.05) is 0 Å². The second kappa shape index (κ2) is 5.97. The Morgan fingerprint density at radius 2 is 1.75 bits per heavy atom. The highest BCUT2D eigenvalue weighted by molar-refractivity contribution is 6.34. The average Bonchev–Trinajstić information content (AvgIpc) is 2.41. The summed E-state index contributed by atoms with van der Waals surface area (Å²) in [5, 5.41) is 3.32. The number of halogens is 1. The lowest BCUT2D eigenvalue weighted by atomic mass is 10.1. The van der Waals surface area contributed by atoms with Crippen LogP contribution in [0.15, 0.2) is 36.4 Å². The lowest BCUT2D eigenvalue weighted by Crippen LogP contribution is -2.13. The van der Waals surface area contributed by atoms with E-state index in [-0.39, 0.29) is 5.91 Å². The molecule has 0 atom stereocenters. The van der Waals surface area contributed by atoms with Crippen molar-refractivity contribution in [2.24, 2.45) is 0 Å². The van der Waals surface area contributed by atoms with Crippen LogP contribution in [0.3, 0.4) is 0 Å². The minimum Gasteiger partial charge on any atom is -0.496 e. The van der Waals surface area contributed by atoms with Crippen LogP contribution >= 0.6 is 11.6 Å². The predicted octanol–water partition coefficient (Wildman–Crippen LogP) is 4.22. The zero-order chi connectivity index (χ0) is 14.7. The Balaban J connectivity index is 2.30. The monoisotopic (exact) mass is 289 g/mol. The Morgan fingerprint density at radius 1 is 1.10 bits per heavy atom. The van der Waals surface area contributed by atoms with Crippen LogP contribution in [0.5, 0.6) is 5.75 Å². The molecule has 0 aliphatic heterocycles. The van der Waals surface area contributed by atoms with E-state index in [0.717, 1.165) is 11.1 Å². The van der Waals surface area contributed by atoms with Gasteiger partial charge in [0.2, 0.25) is 0 Å². The summed E-state index contributed by atoms with van der Waals surface area (Å²) in [5.41, 5.74) is 3.11. The lowest BCUT2D eigenvalue weighted by Gasteiger charge is -2.11. The van der Waals surface area contributed by atoms with Crippen molar-refractivity contribution in [3.05, 3.63) is 58.1 Å². The molecule has 0 bridgehead atoms. The molecule has 0 radical (unpaired) electrons. The Hall–Kier alpha value is -2.00. The molecule has 0 unspecified atom stereocenters. The van der Waals surface area contributed by atoms with E-state index in [0.29, 0.717) is 22.0 Å². The number of anilines is 1. The predicted molar refractivity (Wildman–Crippen MR) is 81.9 cm³/mol. The van der Waals surface area contributed by atoms with Crippen molar-refractivity contribution in [3.63, 3.8) is 0 Å². The highest BCUT2D eigenvalue weighted by Gasteiger charge is 2.14. The van der Waals surface area contributed by atoms with E-state index in [2.05, 4.69) is 5.32 Å². The van der Waals surface area contributed by atoms with E-state index >= 15 is 0 Å². The maximum absolute atomic E-state index is 12.3. The van der Waals surface area contributed by atoms with Crippen LogP contribution in [-0.4, -0.2) is 13.0 Å². The minimum atomic E-state index is -0.240. The first-order valence-electron chi connectivity index (χ1n) is 6.23. The first-order chi connectivity index (χ1) is 9.51. The first kappa shape index (κ1) is 14.4. The molecule has 2 rings (SSSR count). The summed E-state index contributed by atoms with van der Waals surface area (Å²) in [6.45, 7) is 3.87. The topological polar surface area (TPSA) is 38.3 Å². The number of carbonyl (C=O) groups is 1. The van der Waals surface area contributed by atoms with E-state index in [4.69, 9.17) is 16.3 Å². The molecule has 4 heteroatoms. The maximum Gasteiger partial charge on any atom is 0.259 e. The number of hydrogen-bond donors (Lipinski definition) is 1. The molecule has 20 heavy (non-hydrogen) atoms. The number of rotatable bonds is 3. The summed E-state index contributed by atoms with van der Waals surface area (Å²) in [6.07, 6.45) is 0. The van der Waals surface area contributed by atoms with Gasteiger partial charge in [0.05, 0.1) is 23.4 Å². The quantitative estimate of drug-likeness (QED) is 0.919. The Morgan fingerprint density at radius 3 is 2.40 bits per heavy atom. The van der Waals surface area contributed by atoms with Gasteiger partial charge in [0.25, 0.3) is 5.91 Å². The molecule has 0 saturated carbocycles. The van der Waals surface area contributed by atoms with Crippen LogP contribution in [0.2, 0.25) is 5.02 Å². The molecular formula is C16H16ClNO2. The van der Waals surface area contributed by atoms with Crippen molar-refractivity contribution in [2.45, 2.75) is 13.8 Å². The maximum atomic E-state index is 12.3. The number of aryl methyl sites for hydroxylation is 2. The second-order valence-corrected chi connectivity index (χ2v) is 5.05. The summed E-state index contributed by atoms with van der Waals surface area (Å²) >= 11 is 6.12. The highest BCUT2D eigenvalue weighted by Crippen LogP contribution is 2.25. The summed E-state index contributed by atoms with van der Waals surface area (Å²) in [5.74, 6) is 0.299. The number of ether oxygens (including phenoxy) is 1. The highest BCUT2D eigenvalue weighted by atomic mass is 35.5. The molecule has 1 N–H and O–H groups in total. The molecule has 0 aliphatic carbocycles. The van der Waals surface area contributed by atoms with Crippen molar-refractivity contribution in [3.8, 4) is 5.75 Å². The van der Waals surface area contributed by atoms with Crippen molar-refractivity contribution >= 4 is 23.2 Å². The number of methoxy groups -OCH3 is 1. The van der Waals surface area contributed by atoms with E-state index in [1.54, 1.807) is 25.3 Å². The molecule has 1 amide bonds. The normalized spacial score (nSPS) is 10.2. The number of carbonyl (C=O) groups excluding carboxylic acids is 1. The fourth-order valence-electron chi connectivity index (χ4n) is 1.91. The van der Waals surface area contributed by atoms with Crippen molar-refractivity contribution in [2.75, 3.05) is 12.4 Å². The van der Waals surface area contributed by atoms with Gasteiger partial charge < -0.3 is 10.1 Å². The average molecular weight is 290 g/mol. The van der Waals surface area contributed by atoms with E-state index in [1.165, 1.54) is 0 Å². The molecule has 0 aromatic heterocycles. The van der Waals surface area contributed by atoms with Crippen LogP contribution < -0.4 is 10.1 Å². The number of amides is 1. The summed E-state index contributed by atoms with van der Waals surface area (Å²) in [4.78, 5) is 12.3. The number of hydrogen-bond acceptors (Lipinski definition) is 2. The zero-order valence-corrected chi connectivity index (χ0v) is 12.4. The van der Waals surface area contributed by atoms with Crippen LogP contribution in [0.1, 0.15) is 21.5 Å². The molecule has 0 aliphatic rings. The molecule has 0 heterocycles. The lowest BCUT2D eigenvalue weighted by molar-refractivity contribution is 0.102. The van der Waals surface area contributed by atoms with Gasteiger partial charge >= 0.3 is 0 Å². The van der Waals surface area contributed by atoms with Crippen molar-refractivity contribution < 1.29 is 9.53 Å².